The van der Waals surface area contributed by atoms with Crippen LogP contribution in [0, 0.1) is 20.8 Å². The standard InChI is InChI=1S/C12H16F3NO/c1-8-4-9(2)11(10(3)5-8)6-16-17-7-12(13,14)15/h4-5,16H,6-7H2,1-3H3. The topological polar surface area (TPSA) is 21.3 Å². The Hall–Kier alpha value is -1.07. The molecule has 0 heterocycles. The molecule has 0 amide bonds. The number of hydroxylamine groups is 1. The van der Waals surface area contributed by atoms with Crippen molar-refractivity contribution in [2.75, 3.05) is 6.61 Å². The molecular weight excluding hydrogens is 231 g/mol. The quantitative estimate of drug-likeness (QED) is 0.651. The Morgan fingerprint density at radius 1 is 1.12 bits per heavy atom. The molecule has 17 heavy (non-hydrogen) atoms. The molecule has 0 saturated carbocycles. The van der Waals surface area contributed by atoms with E-state index in [0.717, 1.165) is 22.3 Å². The van der Waals surface area contributed by atoms with Crippen LogP contribution in [0.2, 0.25) is 0 Å². The Labute approximate surface area is 98.7 Å². The summed E-state index contributed by atoms with van der Waals surface area (Å²) in [5.41, 5.74) is 6.54. The lowest BCUT2D eigenvalue weighted by Gasteiger charge is -2.13. The fourth-order valence-electron chi connectivity index (χ4n) is 1.74. The summed E-state index contributed by atoms with van der Waals surface area (Å²) in [6.07, 6.45) is -4.30. The first-order chi connectivity index (χ1) is 7.79. The normalized spacial score (nSPS) is 11.9. The molecule has 0 unspecified atom stereocenters. The van der Waals surface area contributed by atoms with Crippen molar-refractivity contribution in [1.29, 1.82) is 0 Å². The Kier molecular flexibility index (Phi) is 4.54. The molecule has 0 fully saturated rings. The molecule has 1 N–H and O–H groups in total. The van der Waals surface area contributed by atoms with Gasteiger partial charge in [-0.1, -0.05) is 17.7 Å². The maximum Gasteiger partial charge on any atom is 0.413 e. The molecule has 0 spiro atoms. The maximum atomic E-state index is 11.8. The van der Waals surface area contributed by atoms with Crippen molar-refractivity contribution in [3.8, 4) is 0 Å². The smallest absolute Gasteiger partial charge is 0.292 e. The van der Waals surface area contributed by atoms with Crippen molar-refractivity contribution < 1.29 is 18.0 Å². The van der Waals surface area contributed by atoms with Gasteiger partial charge >= 0.3 is 6.18 Å². The average Bonchev–Trinajstić information content (AvgIpc) is 2.13. The molecule has 0 aromatic heterocycles. The van der Waals surface area contributed by atoms with Crippen LogP contribution in [0.4, 0.5) is 13.2 Å². The molecule has 0 saturated heterocycles. The third-order valence-electron chi connectivity index (χ3n) is 2.43. The number of alkyl halides is 3. The van der Waals surface area contributed by atoms with E-state index < -0.39 is 12.8 Å². The van der Waals surface area contributed by atoms with Gasteiger partial charge < -0.3 is 0 Å². The molecule has 1 rings (SSSR count). The first-order valence-corrected chi connectivity index (χ1v) is 5.28. The Bertz CT molecular complexity index is 365. The highest BCUT2D eigenvalue weighted by Crippen LogP contribution is 2.17. The number of halogens is 3. The molecule has 2 nitrogen and oxygen atoms in total. The maximum absolute atomic E-state index is 11.8. The van der Waals surface area contributed by atoms with Crippen molar-refractivity contribution in [1.82, 2.24) is 5.48 Å². The Balaban J connectivity index is 2.53. The fraction of sp³-hybridized carbons (Fsp3) is 0.500. The highest BCUT2D eigenvalue weighted by molar-refractivity contribution is 5.37. The minimum Gasteiger partial charge on any atom is -0.292 e. The minimum atomic E-state index is -4.30. The van der Waals surface area contributed by atoms with Crippen LogP contribution in [0.25, 0.3) is 0 Å². The molecule has 0 aliphatic carbocycles. The summed E-state index contributed by atoms with van der Waals surface area (Å²) in [6, 6.07) is 3.99. The van der Waals surface area contributed by atoms with Crippen molar-refractivity contribution >= 4 is 0 Å². The number of hydrogen-bond acceptors (Lipinski definition) is 2. The molecule has 0 aliphatic rings. The number of benzene rings is 1. The molecular formula is C12H16F3NO. The number of hydrogen-bond donors (Lipinski definition) is 1. The van der Waals surface area contributed by atoms with E-state index in [1.165, 1.54) is 0 Å². The lowest BCUT2D eigenvalue weighted by atomic mass is 10.0. The van der Waals surface area contributed by atoms with Gasteiger partial charge in [0.25, 0.3) is 0 Å². The highest BCUT2D eigenvalue weighted by atomic mass is 19.4. The summed E-state index contributed by atoms with van der Waals surface area (Å²) < 4.78 is 35.5. The van der Waals surface area contributed by atoms with Gasteiger partial charge in [0.05, 0.1) is 0 Å². The molecule has 5 heteroatoms. The zero-order valence-corrected chi connectivity index (χ0v) is 10.1. The van der Waals surface area contributed by atoms with Crippen molar-refractivity contribution in [3.05, 3.63) is 34.4 Å². The summed E-state index contributed by atoms with van der Waals surface area (Å²) in [4.78, 5) is 4.37. The predicted molar refractivity (Wildman–Crippen MR) is 59.5 cm³/mol. The van der Waals surface area contributed by atoms with Crippen LogP contribution < -0.4 is 5.48 Å². The summed E-state index contributed by atoms with van der Waals surface area (Å²) in [6.45, 7) is 4.84. The SMILES string of the molecule is Cc1cc(C)c(CNOCC(F)(F)F)c(C)c1. The van der Waals surface area contributed by atoms with Gasteiger partial charge in [0.15, 0.2) is 6.61 Å². The summed E-state index contributed by atoms with van der Waals surface area (Å²) >= 11 is 0. The first kappa shape index (κ1) is 14.0. The fourth-order valence-corrected chi connectivity index (χ4v) is 1.74. The van der Waals surface area contributed by atoms with E-state index in [-0.39, 0.29) is 6.54 Å². The van der Waals surface area contributed by atoms with Crippen LogP contribution in [-0.2, 0) is 11.4 Å². The van der Waals surface area contributed by atoms with Gasteiger partial charge in [-0.05, 0) is 37.5 Å². The molecule has 0 aliphatic heterocycles. The zero-order chi connectivity index (χ0) is 13.1. The van der Waals surface area contributed by atoms with E-state index in [1.807, 2.05) is 32.9 Å². The average molecular weight is 247 g/mol. The summed E-state index contributed by atoms with van der Waals surface area (Å²) in [5, 5.41) is 0. The van der Waals surface area contributed by atoms with Gasteiger partial charge in [-0.3, -0.25) is 4.84 Å². The van der Waals surface area contributed by atoms with Crippen LogP contribution >= 0.6 is 0 Å². The van der Waals surface area contributed by atoms with Crippen molar-refractivity contribution in [3.63, 3.8) is 0 Å². The number of aryl methyl sites for hydroxylation is 3. The summed E-state index contributed by atoms with van der Waals surface area (Å²) in [7, 11) is 0. The molecule has 96 valence electrons. The number of rotatable bonds is 4. The van der Waals surface area contributed by atoms with Gasteiger partial charge in [0.1, 0.15) is 0 Å². The zero-order valence-electron chi connectivity index (χ0n) is 10.1. The second-order valence-corrected chi connectivity index (χ2v) is 4.10. The first-order valence-electron chi connectivity index (χ1n) is 5.28. The van der Waals surface area contributed by atoms with E-state index in [2.05, 4.69) is 10.3 Å². The lowest BCUT2D eigenvalue weighted by Crippen LogP contribution is -2.24. The van der Waals surface area contributed by atoms with E-state index >= 15 is 0 Å². The third kappa shape index (κ3) is 4.75. The molecule has 0 atom stereocenters. The van der Waals surface area contributed by atoms with Gasteiger partial charge in [-0.2, -0.15) is 18.7 Å². The van der Waals surface area contributed by atoms with Gasteiger partial charge in [-0.25, -0.2) is 0 Å². The van der Waals surface area contributed by atoms with E-state index in [1.54, 1.807) is 0 Å². The van der Waals surface area contributed by atoms with E-state index in [9.17, 15) is 13.2 Å². The van der Waals surface area contributed by atoms with Crippen molar-refractivity contribution in [2.24, 2.45) is 0 Å². The minimum absolute atomic E-state index is 0.272. The number of nitrogens with one attached hydrogen (secondary N) is 1. The molecule has 1 aromatic rings. The lowest BCUT2D eigenvalue weighted by molar-refractivity contribution is -0.190. The van der Waals surface area contributed by atoms with Crippen LogP contribution in [0.1, 0.15) is 22.3 Å². The third-order valence-corrected chi connectivity index (χ3v) is 2.43. The summed E-state index contributed by atoms with van der Waals surface area (Å²) in [5.74, 6) is 0. The van der Waals surface area contributed by atoms with E-state index in [0.29, 0.717) is 0 Å². The monoisotopic (exact) mass is 247 g/mol. The Morgan fingerprint density at radius 3 is 2.12 bits per heavy atom. The van der Waals surface area contributed by atoms with Crippen LogP contribution in [0.15, 0.2) is 12.1 Å². The van der Waals surface area contributed by atoms with Gasteiger partial charge in [0, 0.05) is 6.54 Å². The Morgan fingerprint density at radius 2 is 1.65 bits per heavy atom. The largest absolute Gasteiger partial charge is 0.413 e. The van der Waals surface area contributed by atoms with E-state index in [4.69, 9.17) is 0 Å². The highest BCUT2D eigenvalue weighted by Gasteiger charge is 2.27. The van der Waals surface area contributed by atoms with Gasteiger partial charge in [0.2, 0.25) is 0 Å². The molecule has 0 radical (unpaired) electrons. The molecule has 0 bridgehead atoms. The second kappa shape index (κ2) is 5.51. The van der Waals surface area contributed by atoms with Crippen molar-refractivity contribution in [2.45, 2.75) is 33.5 Å². The van der Waals surface area contributed by atoms with Crippen LogP contribution in [0.3, 0.4) is 0 Å². The van der Waals surface area contributed by atoms with Gasteiger partial charge in [-0.15, -0.1) is 0 Å². The predicted octanol–water partition coefficient (Wildman–Crippen LogP) is 3.20. The second-order valence-electron chi connectivity index (χ2n) is 4.10. The molecule has 1 aromatic carbocycles. The van der Waals surface area contributed by atoms with Crippen LogP contribution in [0.5, 0.6) is 0 Å². The van der Waals surface area contributed by atoms with Crippen LogP contribution in [-0.4, -0.2) is 12.8 Å².